The van der Waals surface area contributed by atoms with Crippen LogP contribution in [0.15, 0.2) is 24.3 Å². The van der Waals surface area contributed by atoms with Crippen LogP contribution in [0.4, 0.5) is 0 Å². The maximum Gasteiger partial charge on any atom is 0.327 e. The van der Waals surface area contributed by atoms with Crippen molar-refractivity contribution in [1.82, 2.24) is 5.32 Å². The summed E-state index contributed by atoms with van der Waals surface area (Å²) in [5.41, 5.74) is 1.82. The van der Waals surface area contributed by atoms with E-state index in [-0.39, 0.29) is 6.42 Å². The Hall–Kier alpha value is -2.32. The largest absolute Gasteiger partial charge is 0.480 e. The van der Waals surface area contributed by atoms with Crippen LogP contribution in [0.1, 0.15) is 23.7 Å². The molecule has 1 aliphatic heterocycles. The molecular formula is C15H15NO4. The monoisotopic (exact) mass is 273 g/mol. The van der Waals surface area contributed by atoms with Crippen molar-refractivity contribution in [1.29, 1.82) is 0 Å². The number of rotatable bonds is 4. The van der Waals surface area contributed by atoms with E-state index in [2.05, 4.69) is 11.2 Å². The van der Waals surface area contributed by atoms with Crippen LogP contribution in [-0.4, -0.2) is 29.6 Å². The van der Waals surface area contributed by atoms with Crippen molar-refractivity contribution in [2.45, 2.75) is 25.0 Å². The van der Waals surface area contributed by atoms with Crippen LogP contribution in [0.25, 0.3) is 0 Å². The Morgan fingerprint density at radius 3 is 2.95 bits per heavy atom. The fraction of sp³-hybridized carbons (Fsp3) is 0.333. The maximum atomic E-state index is 12.2. The molecule has 2 rings (SSSR count). The second-order valence-electron chi connectivity index (χ2n) is 4.51. The summed E-state index contributed by atoms with van der Waals surface area (Å²) >= 11 is 0. The number of aliphatic carboxylic acids is 1. The van der Waals surface area contributed by atoms with E-state index in [1.165, 1.54) is 0 Å². The van der Waals surface area contributed by atoms with Crippen LogP contribution in [0, 0.1) is 12.3 Å². The van der Waals surface area contributed by atoms with E-state index in [1.54, 1.807) is 0 Å². The molecule has 1 amide bonds. The molecule has 2 unspecified atom stereocenters. The second kappa shape index (κ2) is 6.22. The first kappa shape index (κ1) is 14.1. The van der Waals surface area contributed by atoms with E-state index in [0.29, 0.717) is 6.61 Å². The highest BCUT2D eigenvalue weighted by Gasteiger charge is 2.30. The summed E-state index contributed by atoms with van der Waals surface area (Å²) in [5, 5.41) is 11.4. The van der Waals surface area contributed by atoms with E-state index in [1.807, 2.05) is 24.3 Å². The molecule has 104 valence electrons. The van der Waals surface area contributed by atoms with Gasteiger partial charge in [-0.1, -0.05) is 24.3 Å². The van der Waals surface area contributed by atoms with Crippen LogP contribution >= 0.6 is 0 Å². The minimum atomic E-state index is -1.15. The minimum absolute atomic E-state index is 0.0601. The Labute approximate surface area is 116 Å². The molecule has 2 atom stereocenters. The lowest BCUT2D eigenvalue weighted by Crippen LogP contribution is -2.44. The van der Waals surface area contributed by atoms with Gasteiger partial charge in [-0.15, -0.1) is 12.3 Å². The van der Waals surface area contributed by atoms with Gasteiger partial charge < -0.3 is 15.2 Å². The average molecular weight is 273 g/mol. The van der Waals surface area contributed by atoms with Gasteiger partial charge in [0, 0.05) is 6.42 Å². The number of carboxylic acids is 1. The van der Waals surface area contributed by atoms with Gasteiger partial charge in [-0.05, 0) is 17.5 Å². The van der Waals surface area contributed by atoms with Crippen molar-refractivity contribution in [2.75, 3.05) is 6.61 Å². The summed E-state index contributed by atoms with van der Waals surface area (Å²) < 4.78 is 5.47. The molecule has 0 aromatic heterocycles. The van der Waals surface area contributed by atoms with E-state index < -0.39 is 24.0 Å². The number of fused-ring (bicyclic) bond motifs is 1. The Morgan fingerprint density at radius 1 is 1.50 bits per heavy atom. The number of carboxylic acid groups (broad SMARTS) is 1. The summed E-state index contributed by atoms with van der Waals surface area (Å²) in [7, 11) is 0. The lowest BCUT2D eigenvalue weighted by Gasteiger charge is -2.26. The fourth-order valence-electron chi connectivity index (χ4n) is 2.18. The lowest BCUT2D eigenvalue weighted by atomic mass is 9.97. The van der Waals surface area contributed by atoms with Gasteiger partial charge in [0.25, 0.3) is 5.91 Å². The topological polar surface area (TPSA) is 75.6 Å². The van der Waals surface area contributed by atoms with Crippen molar-refractivity contribution < 1.29 is 19.4 Å². The molecule has 0 aliphatic carbocycles. The summed E-state index contributed by atoms with van der Waals surface area (Å²) in [4.78, 5) is 23.2. The third-order valence-corrected chi connectivity index (χ3v) is 3.17. The number of carbonyl (C=O) groups excluding carboxylic acids is 1. The molecule has 1 aliphatic rings. The fourth-order valence-corrected chi connectivity index (χ4v) is 2.18. The van der Waals surface area contributed by atoms with Crippen LogP contribution in [0.2, 0.25) is 0 Å². The molecular weight excluding hydrogens is 258 g/mol. The number of terminal acetylenes is 1. The van der Waals surface area contributed by atoms with E-state index in [0.717, 1.165) is 17.5 Å². The molecule has 5 heteroatoms. The van der Waals surface area contributed by atoms with Crippen molar-refractivity contribution in [3.8, 4) is 12.3 Å². The molecule has 0 radical (unpaired) electrons. The molecule has 1 aromatic rings. The summed E-state index contributed by atoms with van der Waals surface area (Å²) in [5.74, 6) is 0.615. The molecule has 2 N–H and O–H groups in total. The third kappa shape index (κ3) is 2.98. The quantitative estimate of drug-likeness (QED) is 0.799. The molecule has 1 aromatic carbocycles. The van der Waals surface area contributed by atoms with Gasteiger partial charge in [0.1, 0.15) is 6.04 Å². The van der Waals surface area contributed by atoms with E-state index >= 15 is 0 Å². The predicted octanol–water partition coefficient (Wildman–Crippen LogP) is 0.893. The highest BCUT2D eigenvalue weighted by Crippen LogP contribution is 2.27. The van der Waals surface area contributed by atoms with Gasteiger partial charge in [0.2, 0.25) is 0 Å². The number of hydrogen-bond donors (Lipinski definition) is 2. The zero-order valence-corrected chi connectivity index (χ0v) is 10.8. The Bertz CT molecular complexity index is 561. The van der Waals surface area contributed by atoms with Crippen molar-refractivity contribution in [3.63, 3.8) is 0 Å². The first-order valence-electron chi connectivity index (χ1n) is 6.29. The lowest BCUT2D eigenvalue weighted by molar-refractivity contribution is -0.144. The van der Waals surface area contributed by atoms with Gasteiger partial charge >= 0.3 is 5.97 Å². The number of carbonyl (C=O) groups is 2. The smallest absolute Gasteiger partial charge is 0.327 e. The van der Waals surface area contributed by atoms with Crippen LogP contribution in [-0.2, 0) is 20.7 Å². The number of ether oxygens (including phenoxy) is 1. The Morgan fingerprint density at radius 2 is 2.25 bits per heavy atom. The standard InChI is InChI=1S/C15H15NO4/c1-2-5-12(15(18)19)16-14(17)13-11-7-4-3-6-10(11)8-9-20-13/h1,3-4,6-7,12-13H,5,8-9H2,(H,16,17)(H,18,19). The molecule has 0 spiro atoms. The second-order valence-corrected chi connectivity index (χ2v) is 4.51. The highest BCUT2D eigenvalue weighted by atomic mass is 16.5. The molecule has 5 nitrogen and oxygen atoms in total. The first-order chi connectivity index (χ1) is 9.63. The zero-order chi connectivity index (χ0) is 14.5. The SMILES string of the molecule is C#CCC(NC(=O)C1OCCc2ccccc21)C(=O)O. The minimum Gasteiger partial charge on any atom is -0.480 e. The number of benzene rings is 1. The van der Waals surface area contributed by atoms with Gasteiger partial charge in [-0.25, -0.2) is 4.79 Å². The average Bonchev–Trinajstić information content (AvgIpc) is 2.46. The number of amides is 1. The number of hydrogen-bond acceptors (Lipinski definition) is 3. The summed E-state index contributed by atoms with van der Waals surface area (Å²) in [6.45, 7) is 0.433. The van der Waals surface area contributed by atoms with Crippen LogP contribution < -0.4 is 5.32 Å². The first-order valence-corrected chi connectivity index (χ1v) is 6.29. The highest BCUT2D eigenvalue weighted by molar-refractivity contribution is 5.87. The van der Waals surface area contributed by atoms with Gasteiger partial charge in [-0.2, -0.15) is 0 Å². The van der Waals surface area contributed by atoms with Crippen LogP contribution in [0.5, 0.6) is 0 Å². The van der Waals surface area contributed by atoms with Gasteiger partial charge in [0.05, 0.1) is 6.61 Å². The molecule has 1 heterocycles. The molecule has 0 fully saturated rings. The summed E-state index contributed by atoms with van der Waals surface area (Å²) in [6, 6.07) is 6.39. The van der Waals surface area contributed by atoms with Crippen LogP contribution in [0.3, 0.4) is 0 Å². The van der Waals surface area contributed by atoms with Crippen molar-refractivity contribution in [3.05, 3.63) is 35.4 Å². The Kier molecular flexibility index (Phi) is 4.38. The predicted molar refractivity (Wildman–Crippen MR) is 71.9 cm³/mol. The van der Waals surface area contributed by atoms with Gasteiger partial charge in [-0.3, -0.25) is 4.79 Å². The normalized spacial score (nSPS) is 18.4. The van der Waals surface area contributed by atoms with Crippen molar-refractivity contribution in [2.24, 2.45) is 0 Å². The van der Waals surface area contributed by atoms with Gasteiger partial charge in [0.15, 0.2) is 6.10 Å². The molecule has 20 heavy (non-hydrogen) atoms. The van der Waals surface area contributed by atoms with Crippen molar-refractivity contribution >= 4 is 11.9 Å². The molecule has 0 saturated carbocycles. The maximum absolute atomic E-state index is 12.2. The van der Waals surface area contributed by atoms with E-state index in [4.69, 9.17) is 16.3 Å². The third-order valence-electron chi connectivity index (χ3n) is 3.17. The van der Waals surface area contributed by atoms with E-state index in [9.17, 15) is 9.59 Å². The molecule has 0 saturated heterocycles. The zero-order valence-electron chi connectivity index (χ0n) is 10.8. The number of nitrogens with one attached hydrogen (secondary N) is 1. The molecule has 0 bridgehead atoms. The Balaban J connectivity index is 2.14. The summed E-state index contributed by atoms with van der Waals surface area (Å²) in [6.07, 6.45) is 5.01.